The highest BCUT2D eigenvalue weighted by Crippen LogP contribution is 2.37. The fourth-order valence-corrected chi connectivity index (χ4v) is 5.31. The van der Waals surface area contributed by atoms with Crippen molar-refractivity contribution in [2.45, 2.75) is 15.1 Å². The van der Waals surface area contributed by atoms with Gasteiger partial charge in [-0.15, -0.1) is 50.6 Å². The van der Waals surface area contributed by atoms with Gasteiger partial charge in [0.05, 0.1) is 25.2 Å². The largest absolute Gasteiger partial charge is 0.462 e. The molecule has 0 saturated heterocycles. The molecule has 0 spiro atoms. The summed E-state index contributed by atoms with van der Waals surface area (Å²) in [5.41, 5.74) is -0.407. The Bertz CT molecular complexity index is 746. The van der Waals surface area contributed by atoms with E-state index in [1.807, 2.05) is 0 Å². The van der Waals surface area contributed by atoms with Crippen molar-refractivity contribution >= 4 is 41.3 Å². The Balaban J connectivity index is 1.75. The van der Waals surface area contributed by atoms with E-state index < -0.39 is 11.4 Å². The lowest BCUT2D eigenvalue weighted by Crippen LogP contribution is -2.36. The summed E-state index contributed by atoms with van der Waals surface area (Å²) in [6, 6.07) is 0. The number of thioether (sulfide) groups is 3. The van der Waals surface area contributed by atoms with Crippen LogP contribution in [0.4, 0.5) is 0 Å². The van der Waals surface area contributed by atoms with Crippen molar-refractivity contribution in [3.63, 3.8) is 0 Å². The molecule has 11 nitrogen and oxygen atoms in total. The minimum absolute atomic E-state index is 0.207. The van der Waals surface area contributed by atoms with E-state index in [0.29, 0.717) is 17.3 Å². The van der Waals surface area contributed by atoms with E-state index in [1.165, 1.54) is 35.3 Å². The number of aromatic nitrogens is 9. The zero-order chi connectivity index (χ0) is 19.7. The average Bonchev–Trinajstić information content (AvgIpc) is 3.50. The van der Waals surface area contributed by atoms with E-state index in [9.17, 15) is 4.79 Å². The number of carbonyl (C=O) groups excluding carboxylic acids is 1. The Morgan fingerprint density at radius 3 is 1.68 bits per heavy atom. The van der Waals surface area contributed by atoms with Gasteiger partial charge >= 0.3 is 5.97 Å². The smallest absolute Gasteiger partial charge is 0.330 e. The third kappa shape index (κ3) is 6.10. The maximum Gasteiger partial charge on any atom is 0.330 e. The van der Waals surface area contributed by atoms with Crippen molar-refractivity contribution in [2.75, 3.05) is 23.9 Å². The molecule has 3 aromatic rings. The first-order valence-electron chi connectivity index (χ1n) is 7.94. The molecule has 0 aliphatic carbocycles. The second kappa shape index (κ2) is 10.3. The van der Waals surface area contributed by atoms with E-state index in [-0.39, 0.29) is 6.61 Å². The standard InChI is InChI=1S/C14H17N9O2S3/c1-2-13(24)25-6-14(7-26-10-3-15-21-18-10,8-27-11-4-16-22-19-11)9-28-12-5-17-23-20-12/h2-5H,1,6-9H2,(H,15,18,21)(H,16,19,22)(H,17,20,23). The molecule has 0 aromatic carbocycles. The normalized spacial score (nSPS) is 11.4. The third-order valence-corrected chi connectivity index (χ3v) is 7.19. The van der Waals surface area contributed by atoms with E-state index in [1.54, 1.807) is 18.6 Å². The van der Waals surface area contributed by atoms with Crippen LogP contribution in [0, 0.1) is 5.41 Å². The quantitative estimate of drug-likeness (QED) is 0.213. The number of nitrogens with one attached hydrogen (secondary N) is 3. The van der Waals surface area contributed by atoms with Gasteiger partial charge < -0.3 is 4.74 Å². The molecular weight excluding hydrogens is 422 g/mol. The number of hydrogen-bond acceptors (Lipinski definition) is 11. The van der Waals surface area contributed by atoms with Crippen LogP contribution in [0.25, 0.3) is 0 Å². The molecule has 0 bridgehead atoms. The minimum Gasteiger partial charge on any atom is -0.462 e. The van der Waals surface area contributed by atoms with Gasteiger partial charge in [-0.05, 0) is 0 Å². The van der Waals surface area contributed by atoms with Gasteiger partial charge in [0.1, 0.15) is 15.1 Å². The lowest BCUT2D eigenvalue weighted by molar-refractivity contribution is -0.140. The SMILES string of the molecule is C=CC(=O)OCC(CSc1cn[nH]n1)(CSc1cn[nH]n1)CSc1cn[nH]n1. The maximum atomic E-state index is 11.7. The zero-order valence-corrected chi connectivity index (χ0v) is 17.0. The van der Waals surface area contributed by atoms with Gasteiger partial charge in [-0.1, -0.05) is 6.58 Å². The summed E-state index contributed by atoms with van der Waals surface area (Å²) in [5, 5.41) is 33.8. The van der Waals surface area contributed by atoms with Crippen LogP contribution in [0.2, 0.25) is 0 Å². The molecule has 0 aliphatic rings. The van der Waals surface area contributed by atoms with Gasteiger partial charge in [-0.3, -0.25) is 0 Å². The van der Waals surface area contributed by atoms with Crippen LogP contribution in [0.3, 0.4) is 0 Å². The number of carbonyl (C=O) groups is 1. The van der Waals surface area contributed by atoms with Gasteiger partial charge in [-0.25, -0.2) is 4.79 Å². The number of esters is 1. The molecule has 0 unspecified atom stereocenters. The Hall–Kier alpha value is -2.32. The van der Waals surface area contributed by atoms with Crippen LogP contribution in [0.1, 0.15) is 0 Å². The van der Waals surface area contributed by atoms with Crippen LogP contribution in [-0.4, -0.2) is 76.1 Å². The predicted octanol–water partition coefficient (Wildman–Crippen LogP) is 1.43. The highest BCUT2D eigenvalue weighted by Gasteiger charge is 2.34. The number of hydrogen-bond donors (Lipinski definition) is 3. The Morgan fingerprint density at radius 1 is 0.929 bits per heavy atom. The van der Waals surface area contributed by atoms with E-state index >= 15 is 0 Å². The lowest BCUT2D eigenvalue weighted by atomic mass is 9.97. The highest BCUT2D eigenvalue weighted by atomic mass is 32.2. The topological polar surface area (TPSA) is 151 Å². The predicted molar refractivity (Wildman–Crippen MR) is 105 cm³/mol. The third-order valence-electron chi connectivity index (χ3n) is 3.44. The molecular formula is C14H17N9O2S3. The number of ether oxygens (including phenoxy) is 1. The van der Waals surface area contributed by atoms with Gasteiger partial charge in [-0.2, -0.15) is 30.9 Å². The molecule has 148 valence electrons. The molecule has 3 N–H and O–H groups in total. The first-order valence-corrected chi connectivity index (χ1v) is 10.9. The van der Waals surface area contributed by atoms with Gasteiger partial charge in [0.15, 0.2) is 0 Å². The van der Waals surface area contributed by atoms with E-state index in [4.69, 9.17) is 4.74 Å². The molecule has 0 radical (unpaired) electrons. The monoisotopic (exact) mass is 439 g/mol. The van der Waals surface area contributed by atoms with Crippen molar-refractivity contribution in [3.05, 3.63) is 31.2 Å². The fourth-order valence-electron chi connectivity index (χ4n) is 2.00. The lowest BCUT2D eigenvalue weighted by Gasteiger charge is -2.31. The molecule has 3 rings (SSSR count). The number of nitrogens with zero attached hydrogens (tertiary/aromatic N) is 6. The minimum atomic E-state index is -0.464. The fraction of sp³-hybridized carbons (Fsp3) is 0.357. The highest BCUT2D eigenvalue weighted by molar-refractivity contribution is 8.01. The van der Waals surface area contributed by atoms with Crippen LogP contribution < -0.4 is 0 Å². The molecule has 28 heavy (non-hydrogen) atoms. The van der Waals surface area contributed by atoms with Crippen LogP contribution in [0.15, 0.2) is 46.3 Å². The average molecular weight is 440 g/mol. The van der Waals surface area contributed by atoms with Crippen molar-refractivity contribution in [1.29, 1.82) is 0 Å². The number of aromatic amines is 3. The molecule has 3 aromatic heterocycles. The van der Waals surface area contributed by atoms with Crippen molar-refractivity contribution < 1.29 is 9.53 Å². The summed E-state index contributed by atoms with van der Waals surface area (Å²) in [5.74, 6) is 1.45. The second-order valence-electron chi connectivity index (χ2n) is 5.60. The maximum absolute atomic E-state index is 11.7. The molecule has 3 heterocycles. The molecule has 0 amide bonds. The zero-order valence-electron chi connectivity index (χ0n) is 14.6. The van der Waals surface area contributed by atoms with Crippen LogP contribution >= 0.6 is 35.3 Å². The summed E-state index contributed by atoms with van der Waals surface area (Å²) >= 11 is 4.59. The summed E-state index contributed by atoms with van der Waals surface area (Å²) < 4.78 is 5.44. The summed E-state index contributed by atoms with van der Waals surface area (Å²) in [4.78, 5) is 11.7. The number of H-pyrrole nitrogens is 3. The summed E-state index contributed by atoms with van der Waals surface area (Å²) in [6.45, 7) is 3.67. The molecule has 0 saturated carbocycles. The van der Waals surface area contributed by atoms with Gasteiger partial charge in [0.25, 0.3) is 0 Å². The van der Waals surface area contributed by atoms with Gasteiger partial charge in [0, 0.05) is 28.7 Å². The molecule has 0 atom stereocenters. The molecule has 14 heteroatoms. The second-order valence-corrected chi connectivity index (χ2v) is 8.59. The van der Waals surface area contributed by atoms with Crippen molar-refractivity contribution in [1.82, 2.24) is 46.2 Å². The van der Waals surface area contributed by atoms with E-state index in [2.05, 4.69) is 52.8 Å². The Morgan fingerprint density at radius 2 is 1.36 bits per heavy atom. The first kappa shape index (κ1) is 20.4. The summed E-state index contributed by atoms with van der Waals surface area (Å²) in [6.07, 6.45) is 6.12. The summed E-state index contributed by atoms with van der Waals surface area (Å²) in [7, 11) is 0. The van der Waals surface area contributed by atoms with Crippen LogP contribution in [0.5, 0.6) is 0 Å². The van der Waals surface area contributed by atoms with Crippen molar-refractivity contribution in [2.24, 2.45) is 5.41 Å². The molecule has 0 aliphatic heterocycles. The first-order chi connectivity index (χ1) is 13.7. The van der Waals surface area contributed by atoms with Crippen molar-refractivity contribution in [3.8, 4) is 0 Å². The van der Waals surface area contributed by atoms with E-state index in [0.717, 1.165) is 21.2 Å². The Labute approximate surface area is 172 Å². The Kier molecular flexibility index (Phi) is 7.50. The van der Waals surface area contributed by atoms with Crippen LogP contribution in [-0.2, 0) is 9.53 Å². The molecule has 0 fully saturated rings. The number of rotatable bonds is 12. The van der Waals surface area contributed by atoms with Gasteiger partial charge in [0.2, 0.25) is 0 Å².